The molecule has 0 aromatic heterocycles. The van der Waals surface area contributed by atoms with E-state index in [0.717, 1.165) is 12.8 Å². The molecular weight excluding hydrogens is 258 g/mol. The first kappa shape index (κ1) is 15.3. The molecule has 0 aromatic carbocycles. The summed E-state index contributed by atoms with van der Waals surface area (Å²) in [6.07, 6.45) is 2.43. The van der Waals surface area contributed by atoms with Gasteiger partial charge in [-0.3, -0.25) is 0 Å². The van der Waals surface area contributed by atoms with Gasteiger partial charge >= 0.3 is 0 Å². The molecule has 1 rings (SSSR count). The molecule has 5 heteroatoms. The minimum Gasteiger partial charge on any atom is -0.212 e. The van der Waals surface area contributed by atoms with Gasteiger partial charge in [-0.15, -0.1) is 11.6 Å². The summed E-state index contributed by atoms with van der Waals surface area (Å²) >= 11 is 5.56. The minimum absolute atomic E-state index is 0.195. The van der Waals surface area contributed by atoms with Gasteiger partial charge in [-0.05, 0) is 30.6 Å². The van der Waals surface area contributed by atoms with Gasteiger partial charge in [-0.25, -0.2) is 12.7 Å². The molecule has 0 spiro atoms. The van der Waals surface area contributed by atoms with Crippen molar-refractivity contribution in [3.8, 4) is 0 Å². The Kier molecular flexibility index (Phi) is 5.29. The Morgan fingerprint density at radius 3 is 2.41 bits per heavy atom. The summed E-state index contributed by atoms with van der Waals surface area (Å²) in [6, 6.07) is 0. The molecule has 0 aliphatic carbocycles. The number of hydrogen-bond acceptors (Lipinski definition) is 2. The predicted octanol–water partition coefficient (Wildman–Crippen LogP) is 2.70. The fraction of sp³-hybridized carbons (Fsp3) is 1.00. The molecule has 1 unspecified atom stereocenters. The first-order valence-electron chi connectivity index (χ1n) is 6.31. The maximum Gasteiger partial charge on any atom is 0.214 e. The highest BCUT2D eigenvalue weighted by Gasteiger charge is 2.36. The molecule has 1 aliphatic rings. The van der Waals surface area contributed by atoms with Crippen LogP contribution in [0.5, 0.6) is 0 Å². The van der Waals surface area contributed by atoms with Gasteiger partial charge < -0.3 is 0 Å². The Morgan fingerprint density at radius 1 is 1.29 bits per heavy atom. The van der Waals surface area contributed by atoms with Crippen LogP contribution in [0.15, 0.2) is 0 Å². The summed E-state index contributed by atoms with van der Waals surface area (Å²) < 4.78 is 25.8. The summed E-state index contributed by atoms with van der Waals surface area (Å²) in [7, 11) is -3.05. The number of halogens is 1. The molecule has 1 atom stereocenters. The number of hydrogen-bond donors (Lipinski definition) is 0. The molecule has 0 bridgehead atoms. The topological polar surface area (TPSA) is 37.4 Å². The van der Waals surface area contributed by atoms with Crippen molar-refractivity contribution in [2.45, 2.75) is 40.0 Å². The van der Waals surface area contributed by atoms with E-state index in [1.54, 1.807) is 4.31 Å². The Bertz CT molecular complexity index is 335. The van der Waals surface area contributed by atoms with Crippen LogP contribution in [0.3, 0.4) is 0 Å². The van der Waals surface area contributed by atoms with Crippen LogP contribution in [0.4, 0.5) is 0 Å². The lowest BCUT2D eigenvalue weighted by atomic mass is 9.80. The van der Waals surface area contributed by atoms with Gasteiger partial charge in [0.05, 0.1) is 5.75 Å². The third-order valence-electron chi connectivity index (χ3n) is 3.56. The molecule has 17 heavy (non-hydrogen) atoms. The molecule has 102 valence electrons. The molecule has 0 amide bonds. The number of sulfonamides is 1. The Labute approximate surface area is 111 Å². The second-order valence-electron chi connectivity index (χ2n) is 5.92. The van der Waals surface area contributed by atoms with Gasteiger partial charge in [0, 0.05) is 19.0 Å². The normalized spacial score (nSPS) is 23.2. The highest BCUT2D eigenvalue weighted by atomic mass is 35.5. The molecule has 0 aromatic rings. The van der Waals surface area contributed by atoms with E-state index in [-0.39, 0.29) is 11.2 Å². The zero-order valence-electron chi connectivity index (χ0n) is 11.1. The first-order valence-corrected chi connectivity index (χ1v) is 8.45. The van der Waals surface area contributed by atoms with Crippen LogP contribution in [0.1, 0.15) is 40.0 Å². The van der Waals surface area contributed by atoms with E-state index in [9.17, 15) is 8.42 Å². The van der Waals surface area contributed by atoms with Crippen molar-refractivity contribution < 1.29 is 8.42 Å². The van der Waals surface area contributed by atoms with Crippen molar-refractivity contribution in [3.05, 3.63) is 0 Å². The first-order chi connectivity index (χ1) is 7.77. The van der Waals surface area contributed by atoms with Gasteiger partial charge in [0.15, 0.2) is 0 Å². The second kappa shape index (κ2) is 5.89. The van der Waals surface area contributed by atoms with Gasteiger partial charge in [-0.2, -0.15) is 0 Å². The van der Waals surface area contributed by atoms with E-state index in [4.69, 9.17) is 11.6 Å². The van der Waals surface area contributed by atoms with E-state index in [1.165, 1.54) is 0 Å². The molecule has 0 radical (unpaired) electrons. The molecule has 1 fully saturated rings. The average molecular weight is 282 g/mol. The van der Waals surface area contributed by atoms with Gasteiger partial charge in [0.25, 0.3) is 0 Å². The molecule has 1 saturated heterocycles. The highest BCUT2D eigenvalue weighted by Crippen LogP contribution is 2.34. The fourth-order valence-electron chi connectivity index (χ4n) is 2.20. The van der Waals surface area contributed by atoms with Gasteiger partial charge in [0.2, 0.25) is 10.0 Å². The third kappa shape index (κ3) is 4.42. The largest absolute Gasteiger partial charge is 0.214 e. The van der Waals surface area contributed by atoms with E-state index in [2.05, 4.69) is 20.8 Å². The predicted molar refractivity (Wildman–Crippen MR) is 72.9 cm³/mol. The average Bonchev–Trinajstić information content (AvgIpc) is 2.66. The van der Waals surface area contributed by atoms with E-state index in [1.807, 2.05) is 0 Å². The lowest BCUT2D eigenvalue weighted by Gasteiger charge is -2.26. The van der Waals surface area contributed by atoms with Crippen LogP contribution in [-0.4, -0.2) is 37.4 Å². The van der Waals surface area contributed by atoms with Crippen molar-refractivity contribution in [2.75, 3.05) is 24.7 Å². The Balaban J connectivity index is 2.52. The quantitative estimate of drug-likeness (QED) is 0.574. The summed E-state index contributed by atoms with van der Waals surface area (Å²) in [6.45, 7) is 7.92. The summed E-state index contributed by atoms with van der Waals surface area (Å²) in [5.41, 5.74) is 0.195. The fourth-order valence-corrected chi connectivity index (χ4v) is 4.00. The van der Waals surface area contributed by atoms with Gasteiger partial charge in [-0.1, -0.05) is 20.8 Å². The van der Waals surface area contributed by atoms with Crippen LogP contribution in [-0.2, 0) is 10.0 Å². The summed E-state index contributed by atoms with van der Waals surface area (Å²) in [5.74, 6) is 1.27. The van der Waals surface area contributed by atoms with E-state index in [0.29, 0.717) is 31.3 Å². The number of unbranched alkanes of at least 4 members (excludes halogenated alkanes) is 1. The standard InChI is InChI=1S/C12H24ClNO2S/c1-12(2,3)11-6-8-14(10-11)17(15,16)9-5-4-7-13/h11H,4-10H2,1-3H3. The molecule has 0 saturated carbocycles. The zero-order chi connectivity index (χ0) is 13.1. The smallest absolute Gasteiger partial charge is 0.212 e. The van der Waals surface area contributed by atoms with Gasteiger partial charge in [0.1, 0.15) is 0 Å². The molecular formula is C12H24ClNO2S. The SMILES string of the molecule is CC(C)(C)C1CCN(S(=O)(=O)CCCCCl)C1. The van der Waals surface area contributed by atoms with Crippen LogP contribution < -0.4 is 0 Å². The molecule has 1 aliphatic heterocycles. The molecule has 1 heterocycles. The second-order valence-corrected chi connectivity index (χ2v) is 8.39. The number of nitrogens with zero attached hydrogens (tertiary/aromatic N) is 1. The Hall–Kier alpha value is 0.200. The van der Waals surface area contributed by atoms with Crippen molar-refractivity contribution in [2.24, 2.45) is 11.3 Å². The maximum absolute atomic E-state index is 12.1. The van der Waals surface area contributed by atoms with Crippen LogP contribution in [0.25, 0.3) is 0 Å². The van der Waals surface area contributed by atoms with Crippen LogP contribution in [0.2, 0.25) is 0 Å². The van der Waals surface area contributed by atoms with E-state index >= 15 is 0 Å². The third-order valence-corrected chi connectivity index (χ3v) is 5.75. The maximum atomic E-state index is 12.1. The molecule has 3 nitrogen and oxygen atoms in total. The molecule has 0 N–H and O–H groups in total. The zero-order valence-corrected chi connectivity index (χ0v) is 12.6. The van der Waals surface area contributed by atoms with Crippen molar-refractivity contribution in [1.29, 1.82) is 0 Å². The number of alkyl halides is 1. The monoisotopic (exact) mass is 281 g/mol. The number of rotatable bonds is 5. The summed E-state index contributed by atoms with van der Waals surface area (Å²) in [5, 5.41) is 0. The van der Waals surface area contributed by atoms with Crippen molar-refractivity contribution in [1.82, 2.24) is 4.31 Å². The lowest BCUT2D eigenvalue weighted by Crippen LogP contribution is -2.33. The van der Waals surface area contributed by atoms with Crippen molar-refractivity contribution >= 4 is 21.6 Å². The lowest BCUT2D eigenvalue weighted by molar-refractivity contribution is 0.252. The van der Waals surface area contributed by atoms with Crippen LogP contribution >= 0.6 is 11.6 Å². The summed E-state index contributed by atoms with van der Waals surface area (Å²) in [4.78, 5) is 0. The van der Waals surface area contributed by atoms with E-state index < -0.39 is 10.0 Å². The van der Waals surface area contributed by atoms with Crippen molar-refractivity contribution in [3.63, 3.8) is 0 Å². The minimum atomic E-state index is -3.05. The Morgan fingerprint density at radius 2 is 1.94 bits per heavy atom. The highest BCUT2D eigenvalue weighted by molar-refractivity contribution is 7.89. The van der Waals surface area contributed by atoms with Crippen LogP contribution in [0, 0.1) is 11.3 Å².